The molecule has 1 aromatic carbocycles. The predicted octanol–water partition coefficient (Wildman–Crippen LogP) is -0.367. The number of aliphatic carboxylic acids is 2. The van der Waals surface area contributed by atoms with Crippen molar-refractivity contribution in [1.82, 2.24) is 10.2 Å². The Bertz CT molecular complexity index is 1460. The van der Waals surface area contributed by atoms with E-state index in [9.17, 15) is 34.2 Å². The number of rotatable bonds is 12. The smallest absolute Gasteiger partial charge is 0.352 e. The number of likely N-dealkylation sites (tertiary alicyclic amines) is 1. The van der Waals surface area contributed by atoms with Gasteiger partial charge in [-0.15, -0.1) is 0 Å². The van der Waals surface area contributed by atoms with Gasteiger partial charge in [0.1, 0.15) is 11.8 Å². The Balaban J connectivity index is 1.34. The quantitative estimate of drug-likeness (QED) is 0.186. The standard InChI is InChI=1S/C30H36N2O13/c1-14(43-28(40)16(5-7-22(35)36)31-21(34)13-17(33)26(37)38)27(39)44-19-8-9-30(41)20-12-15-4-6-18(42-3)24-23(15)29(30,25(19)45-24)10-11-32(20)2/h4,6,8,14,16-17,20,25,33,41H,5,7,9-13H2,1-3H3,(H,31,34)(H,35,36)(H,37,38)/t14?,16?,17?,20-,25+,29+,30-/m1/s1. The van der Waals surface area contributed by atoms with Crippen LogP contribution >= 0.6 is 0 Å². The average Bonchev–Trinajstić information content (AvgIpc) is 3.34. The second-order valence-electron chi connectivity index (χ2n) is 11.9. The fraction of sp³-hybridized carbons (Fsp3) is 0.567. The number of piperidine rings is 1. The number of aliphatic hydroxyl groups is 2. The lowest BCUT2D eigenvalue weighted by atomic mass is 9.50. The molecule has 2 heterocycles. The molecule has 2 aliphatic heterocycles. The summed E-state index contributed by atoms with van der Waals surface area (Å²) in [7, 11) is 3.48. The normalized spacial score (nSPS) is 27.9. The van der Waals surface area contributed by atoms with E-state index >= 15 is 0 Å². The van der Waals surface area contributed by atoms with E-state index in [2.05, 4.69) is 10.2 Å². The van der Waals surface area contributed by atoms with E-state index < -0.39 is 84.4 Å². The van der Waals surface area contributed by atoms with Gasteiger partial charge in [0, 0.05) is 24.4 Å². The van der Waals surface area contributed by atoms with Gasteiger partial charge in [0.05, 0.1) is 24.5 Å². The van der Waals surface area contributed by atoms with Crippen LogP contribution in [0.4, 0.5) is 0 Å². The SMILES string of the molecule is COc1ccc2c3c1O[C@H]1C(OC(=O)C(C)OC(=O)C(CCC(=O)O)NC(=O)CC(O)C(=O)O)=CC[C@@]4(O)[C@@H](C2)N(C)CC[C@]314. The van der Waals surface area contributed by atoms with Crippen LogP contribution in [-0.2, 0) is 45.3 Å². The number of ether oxygens (including phenoxy) is 4. The third-order valence-corrected chi connectivity index (χ3v) is 9.33. The molecule has 15 heteroatoms. The Labute approximate surface area is 257 Å². The van der Waals surface area contributed by atoms with Gasteiger partial charge in [0.25, 0.3) is 0 Å². The molecule has 2 aliphatic carbocycles. The molecule has 45 heavy (non-hydrogen) atoms. The van der Waals surface area contributed by atoms with Crippen molar-refractivity contribution in [3.63, 3.8) is 0 Å². The summed E-state index contributed by atoms with van der Waals surface area (Å²) < 4.78 is 23.0. The molecule has 1 spiro atoms. The molecule has 15 nitrogen and oxygen atoms in total. The highest BCUT2D eigenvalue weighted by Gasteiger charge is 2.72. The number of likely N-dealkylation sites (N-methyl/N-ethyl adjacent to an activating group) is 1. The number of esters is 2. The molecule has 5 N–H and O–H groups in total. The number of hydrogen-bond acceptors (Lipinski definition) is 12. The number of carbonyl (C=O) groups excluding carboxylic acids is 3. The number of nitrogens with one attached hydrogen (secondary N) is 1. The van der Waals surface area contributed by atoms with Gasteiger partial charge in [0.15, 0.2) is 29.8 Å². The molecule has 5 rings (SSSR count). The third kappa shape index (κ3) is 5.38. The van der Waals surface area contributed by atoms with Crippen molar-refractivity contribution >= 4 is 29.8 Å². The zero-order valence-corrected chi connectivity index (χ0v) is 25.0. The Morgan fingerprint density at radius 1 is 1.18 bits per heavy atom. The molecule has 0 saturated carbocycles. The van der Waals surface area contributed by atoms with Crippen molar-refractivity contribution < 1.29 is 63.3 Å². The molecule has 1 fully saturated rings. The Morgan fingerprint density at radius 3 is 2.58 bits per heavy atom. The Kier molecular flexibility index (Phi) is 8.55. The summed E-state index contributed by atoms with van der Waals surface area (Å²) in [6.07, 6.45) is -3.43. The van der Waals surface area contributed by atoms with Gasteiger partial charge in [0.2, 0.25) is 5.91 Å². The summed E-state index contributed by atoms with van der Waals surface area (Å²) in [6, 6.07) is 2.00. The van der Waals surface area contributed by atoms with Crippen LogP contribution in [0.5, 0.6) is 11.5 Å². The minimum Gasteiger partial charge on any atom is -0.493 e. The van der Waals surface area contributed by atoms with Crippen molar-refractivity contribution in [1.29, 1.82) is 0 Å². The van der Waals surface area contributed by atoms with E-state index in [1.54, 1.807) is 12.1 Å². The molecular weight excluding hydrogens is 596 g/mol. The largest absolute Gasteiger partial charge is 0.493 e. The second-order valence-corrected chi connectivity index (χ2v) is 11.9. The van der Waals surface area contributed by atoms with E-state index in [0.717, 1.165) is 11.1 Å². The van der Waals surface area contributed by atoms with Gasteiger partial charge < -0.3 is 49.6 Å². The van der Waals surface area contributed by atoms with Crippen LogP contribution in [0.15, 0.2) is 24.0 Å². The summed E-state index contributed by atoms with van der Waals surface area (Å²) in [4.78, 5) is 62.5. The maximum atomic E-state index is 13.3. The highest BCUT2D eigenvalue weighted by molar-refractivity contribution is 5.89. The van der Waals surface area contributed by atoms with E-state index in [0.29, 0.717) is 30.9 Å². The lowest BCUT2D eigenvalue weighted by molar-refractivity contribution is -0.176. The fourth-order valence-electron chi connectivity index (χ4n) is 7.12. The van der Waals surface area contributed by atoms with Gasteiger partial charge in [-0.3, -0.25) is 9.59 Å². The molecule has 0 radical (unpaired) electrons. The second kappa shape index (κ2) is 11.9. The zero-order chi connectivity index (χ0) is 32.8. The van der Waals surface area contributed by atoms with Crippen LogP contribution in [0.2, 0.25) is 0 Å². The molecule has 7 atom stereocenters. The summed E-state index contributed by atoms with van der Waals surface area (Å²) in [5.74, 6) is -5.01. The zero-order valence-electron chi connectivity index (χ0n) is 25.0. The predicted molar refractivity (Wildman–Crippen MR) is 150 cm³/mol. The molecule has 1 saturated heterocycles. The topological polar surface area (TPSA) is 218 Å². The van der Waals surface area contributed by atoms with Crippen LogP contribution in [-0.4, -0.2) is 112 Å². The average molecular weight is 633 g/mol. The molecule has 2 bridgehead atoms. The van der Waals surface area contributed by atoms with Crippen LogP contribution in [0.25, 0.3) is 0 Å². The van der Waals surface area contributed by atoms with Gasteiger partial charge >= 0.3 is 23.9 Å². The lowest BCUT2D eigenvalue weighted by Crippen LogP contribution is -2.74. The third-order valence-electron chi connectivity index (χ3n) is 9.33. The summed E-state index contributed by atoms with van der Waals surface area (Å²) in [5, 5.41) is 41.8. The number of methoxy groups -OCH3 is 1. The minimum atomic E-state index is -2.04. The first-order chi connectivity index (χ1) is 21.2. The van der Waals surface area contributed by atoms with Crippen molar-refractivity contribution in [2.45, 2.75) is 86.9 Å². The Hall–Kier alpha value is -4.21. The van der Waals surface area contributed by atoms with Gasteiger partial charge in [-0.05, 0) is 57.5 Å². The number of carboxylic acid groups (broad SMARTS) is 2. The molecule has 1 aromatic rings. The number of carboxylic acids is 2. The molecule has 4 aliphatic rings. The number of hydrogen-bond donors (Lipinski definition) is 5. The number of carbonyl (C=O) groups is 5. The molecular formula is C30H36N2O13. The highest BCUT2D eigenvalue weighted by Crippen LogP contribution is 2.65. The van der Waals surface area contributed by atoms with Gasteiger partial charge in [-0.25, -0.2) is 14.4 Å². The Morgan fingerprint density at radius 2 is 1.91 bits per heavy atom. The van der Waals surface area contributed by atoms with E-state index in [-0.39, 0.29) is 18.2 Å². The van der Waals surface area contributed by atoms with Crippen LogP contribution in [0.3, 0.4) is 0 Å². The van der Waals surface area contributed by atoms with Crippen LogP contribution in [0.1, 0.15) is 50.2 Å². The van der Waals surface area contributed by atoms with Crippen LogP contribution in [0, 0.1) is 0 Å². The summed E-state index contributed by atoms with van der Waals surface area (Å²) >= 11 is 0. The van der Waals surface area contributed by atoms with Crippen molar-refractivity contribution in [2.24, 2.45) is 0 Å². The molecule has 1 amide bonds. The monoisotopic (exact) mass is 632 g/mol. The van der Waals surface area contributed by atoms with Gasteiger partial charge in [-0.2, -0.15) is 0 Å². The fourth-order valence-corrected chi connectivity index (χ4v) is 7.12. The minimum absolute atomic E-state index is 0.139. The molecule has 0 aromatic heterocycles. The van der Waals surface area contributed by atoms with Crippen molar-refractivity contribution in [3.8, 4) is 11.5 Å². The maximum Gasteiger partial charge on any atom is 0.352 e. The van der Waals surface area contributed by atoms with E-state index in [4.69, 9.17) is 29.2 Å². The number of amides is 1. The van der Waals surface area contributed by atoms with E-state index in [1.165, 1.54) is 14.0 Å². The number of benzene rings is 1. The van der Waals surface area contributed by atoms with Crippen LogP contribution < -0.4 is 14.8 Å². The van der Waals surface area contributed by atoms with E-state index in [1.807, 2.05) is 13.1 Å². The molecule has 3 unspecified atom stereocenters. The summed E-state index contributed by atoms with van der Waals surface area (Å²) in [6.45, 7) is 1.89. The van der Waals surface area contributed by atoms with Crippen molar-refractivity contribution in [2.75, 3.05) is 20.7 Å². The number of nitrogens with zero attached hydrogens (tertiary/aromatic N) is 1. The maximum absolute atomic E-state index is 13.3. The first-order valence-electron chi connectivity index (χ1n) is 14.6. The lowest BCUT2D eigenvalue weighted by Gasteiger charge is -2.61. The molecule has 244 valence electrons. The first-order valence-corrected chi connectivity index (χ1v) is 14.6. The summed E-state index contributed by atoms with van der Waals surface area (Å²) in [5.41, 5.74) is -0.314. The van der Waals surface area contributed by atoms with Gasteiger partial charge in [-0.1, -0.05) is 6.07 Å². The van der Waals surface area contributed by atoms with Crippen molar-refractivity contribution in [3.05, 3.63) is 35.1 Å². The highest BCUT2D eigenvalue weighted by atomic mass is 16.6. The number of aliphatic hydroxyl groups excluding tert-OH is 1. The first kappa shape index (κ1) is 32.2.